The average Bonchev–Trinajstić information content (AvgIpc) is 2.38. The lowest BCUT2D eigenvalue weighted by atomic mass is 9.94. The first kappa shape index (κ1) is 21.3. The van der Waals surface area contributed by atoms with Crippen molar-refractivity contribution in [1.82, 2.24) is 9.97 Å². The molecule has 0 aliphatic rings. The molecule has 1 aromatic carbocycles. The fraction of sp³-hybridized carbons (Fsp3) is 0.524. The molecule has 0 spiro atoms. The molecule has 0 radical (unpaired) electrons. The van der Waals surface area contributed by atoms with Gasteiger partial charge in [-0.15, -0.1) is 0 Å². The molecule has 0 bridgehead atoms. The van der Waals surface area contributed by atoms with Crippen LogP contribution in [-0.2, 0) is 0 Å². The Morgan fingerprint density at radius 2 is 1.09 bits per heavy atom. The van der Waals surface area contributed by atoms with Gasteiger partial charge >= 0.3 is 0 Å². The van der Waals surface area contributed by atoms with Crippen LogP contribution in [0.3, 0.4) is 0 Å². The van der Waals surface area contributed by atoms with Gasteiger partial charge in [0.15, 0.2) is 0 Å². The number of aryl methyl sites for hydroxylation is 4. The summed E-state index contributed by atoms with van der Waals surface area (Å²) >= 11 is 0. The van der Waals surface area contributed by atoms with E-state index >= 15 is 0 Å². The highest BCUT2D eigenvalue weighted by molar-refractivity contribution is 5.35. The van der Waals surface area contributed by atoms with E-state index in [1.807, 2.05) is 13.8 Å². The van der Waals surface area contributed by atoms with Crippen LogP contribution in [-0.4, -0.2) is 9.97 Å². The standard InChI is InChI=1S/C11H16.C9H14N2.CH4/c1-8(2)11-9(3)6-5-7-10(11)4;1-6(2)9-7(3)10-5-11-8(9)4;/h5-8H,1-4H3;5-6H,1-4H3;1H4. The van der Waals surface area contributed by atoms with E-state index in [4.69, 9.17) is 0 Å². The molecule has 0 saturated carbocycles. The second-order valence-electron chi connectivity index (χ2n) is 6.57. The highest BCUT2D eigenvalue weighted by Gasteiger charge is 2.07. The van der Waals surface area contributed by atoms with E-state index in [0.29, 0.717) is 11.8 Å². The van der Waals surface area contributed by atoms with Crippen LogP contribution in [0.25, 0.3) is 0 Å². The summed E-state index contributed by atoms with van der Waals surface area (Å²) in [5.41, 5.74) is 7.83. The van der Waals surface area contributed by atoms with Gasteiger partial charge < -0.3 is 0 Å². The third kappa shape index (κ3) is 5.78. The Morgan fingerprint density at radius 3 is 1.35 bits per heavy atom. The van der Waals surface area contributed by atoms with Gasteiger partial charge in [-0.1, -0.05) is 53.3 Å². The number of hydrogen-bond acceptors (Lipinski definition) is 2. The lowest BCUT2D eigenvalue weighted by Crippen LogP contribution is -2.00. The molecule has 2 aromatic rings. The zero-order valence-electron chi connectivity index (χ0n) is 15.4. The summed E-state index contributed by atoms with van der Waals surface area (Å²) in [4.78, 5) is 8.30. The molecular formula is C21H34N2. The van der Waals surface area contributed by atoms with E-state index in [-0.39, 0.29) is 7.43 Å². The predicted octanol–water partition coefficient (Wildman–Crippen LogP) is 6.28. The van der Waals surface area contributed by atoms with Crippen LogP contribution in [0.5, 0.6) is 0 Å². The van der Waals surface area contributed by atoms with Crippen LogP contribution in [0.2, 0.25) is 0 Å². The van der Waals surface area contributed by atoms with E-state index in [0.717, 1.165) is 11.4 Å². The predicted molar refractivity (Wildman–Crippen MR) is 102 cm³/mol. The maximum absolute atomic E-state index is 4.15. The minimum absolute atomic E-state index is 0. The van der Waals surface area contributed by atoms with E-state index in [2.05, 4.69) is 69.7 Å². The Bertz CT molecular complexity index is 517. The smallest absolute Gasteiger partial charge is 0.115 e. The number of aromatic nitrogens is 2. The molecule has 0 amide bonds. The van der Waals surface area contributed by atoms with Gasteiger partial charge in [0.25, 0.3) is 0 Å². The lowest BCUT2D eigenvalue weighted by molar-refractivity contribution is 0.811. The molecule has 0 atom stereocenters. The molecule has 0 N–H and O–H groups in total. The van der Waals surface area contributed by atoms with Crippen molar-refractivity contribution < 1.29 is 0 Å². The first-order valence-electron chi connectivity index (χ1n) is 8.09. The Kier molecular flexibility index (Phi) is 8.74. The van der Waals surface area contributed by atoms with Gasteiger partial charge in [-0.25, -0.2) is 9.97 Å². The molecule has 2 heteroatoms. The van der Waals surface area contributed by atoms with Crippen molar-refractivity contribution in [3.05, 3.63) is 58.2 Å². The Labute approximate surface area is 143 Å². The Morgan fingerprint density at radius 1 is 0.696 bits per heavy atom. The van der Waals surface area contributed by atoms with Crippen molar-refractivity contribution in [2.75, 3.05) is 0 Å². The molecule has 1 aromatic heterocycles. The first-order valence-corrected chi connectivity index (χ1v) is 8.09. The van der Waals surface area contributed by atoms with Gasteiger partial charge in [-0.3, -0.25) is 0 Å². The van der Waals surface area contributed by atoms with Crippen molar-refractivity contribution in [3.8, 4) is 0 Å². The van der Waals surface area contributed by atoms with E-state index in [9.17, 15) is 0 Å². The Balaban J connectivity index is 0.000000403. The lowest BCUT2D eigenvalue weighted by Gasteiger charge is -2.12. The summed E-state index contributed by atoms with van der Waals surface area (Å²) in [7, 11) is 0. The van der Waals surface area contributed by atoms with Crippen molar-refractivity contribution in [2.24, 2.45) is 0 Å². The van der Waals surface area contributed by atoms with Gasteiger partial charge in [0.2, 0.25) is 0 Å². The van der Waals surface area contributed by atoms with E-state index in [1.54, 1.807) is 6.33 Å². The fourth-order valence-electron chi connectivity index (χ4n) is 3.18. The topological polar surface area (TPSA) is 25.8 Å². The second-order valence-corrected chi connectivity index (χ2v) is 6.57. The summed E-state index contributed by atoms with van der Waals surface area (Å²) in [5.74, 6) is 1.17. The fourth-order valence-corrected chi connectivity index (χ4v) is 3.18. The number of nitrogens with zero attached hydrogens (tertiary/aromatic N) is 2. The molecule has 2 rings (SSSR count). The highest BCUT2D eigenvalue weighted by Crippen LogP contribution is 2.22. The van der Waals surface area contributed by atoms with Gasteiger partial charge in [0.05, 0.1) is 0 Å². The SMILES string of the molecule is C.Cc1cccc(C)c1C(C)C.Cc1ncnc(C)c1C(C)C. The number of hydrogen-bond donors (Lipinski definition) is 0. The normalized spacial score (nSPS) is 10.2. The first-order chi connectivity index (χ1) is 10.3. The van der Waals surface area contributed by atoms with Crippen LogP contribution in [0.15, 0.2) is 24.5 Å². The summed E-state index contributed by atoms with van der Waals surface area (Å²) in [6.45, 7) is 17.3. The highest BCUT2D eigenvalue weighted by atomic mass is 14.8. The van der Waals surface area contributed by atoms with Gasteiger partial charge in [0.1, 0.15) is 6.33 Å². The van der Waals surface area contributed by atoms with Crippen LogP contribution in [0.4, 0.5) is 0 Å². The third-order valence-electron chi connectivity index (χ3n) is 3.98. The Hall–Kier alpha value is -1.70. The van der Waals surface area contributed by atoms with Crippen molar-refractivity contribution >= 4 is 0 Å². The van der Waals surface area contributed by atoms with E-state index in [1.165, 1.54) is 22.3 Å². The summed E-state index contributed by atoms with van der Waals surface area (Å²) < 4.78 is 0. The molecule has 1 heterocycles. The number of rotatable bonds is 2. The van der Waals surface area contributed by atoms with Crippen LogP contribution < -0.4 is 0 Å². The largest absolute Gasteiger partial charge is 0.241 e. The summed E-state index contributed by atoms with van der Waals surface area (Å²) in [6, 6.07) is 6.49. The van der Waals surface area contributed by atoms with Crippen LogP contribution in [0.1, 0.15) is 80.6 Å². The third-order valence-corrected chi connectivity index (χ3v) is 3.98. The maximum Gasteiger partial charge on any atom is 0.115 e. The molecular weight excluding hydrogens is 280 g/mol. The monoisotopic (exact) mass is 314 g/mol. The molecule has 0 aliphatic carbocycles. The zero-order chi connectivity index (χ0) is 16.9. The van der Waals surface area contributed by atoms with Crippen molar-refractivity contribution in [1.29, 1.82) is 0 Å². The molecule has 0 unspecified atom stereocenters. The van der Waals surface area contributed by atoms with Gasteiger partial charge in [-0.2, -0.15) is 0 Å². The molecule has 2 nitrogen and oxygen atoms in total. The average molecular weight is 315 g/mol. The van der Waals surface area contributed by atoms with Crippen LogP contribution in [0, 0.1) is 27.7 Å². The van der Waals surface area contributed by atoms with Gasteiger partial charge in [-0.05, 0) is 61.8 Å². The van der Waals surface area contributed by atoms with Crippen molar-refractivity contribution in [2.45, 2.75) is 74.7 Å². The minimum Gasteiger partial charge on any atom is -0.241 e. The van der Waals surface area contributed by atoms with Crippen LogP contribution >= 0.6 is 0 Å². The quantitative estimate of drug-likeness (QED) is 0.652. The summed E-state index contributed by atoms with van der Waals surface area (Å²) in [6.07, 6.45) is 1.62. The van der Waals surface area contributed by atoms with Crippen molar-refractivity contribution in [3.63, 3.8) is 0 Å². The molecule has 0 aliphatic heterocycles. The second kappa shape index (κ2) is 9.44. The minimum atomic E-state index is 0. The summed E-state index contributed by atoms with van der Waals surface area (Å²) in [5, 5.41) is 0. The molecule has 23 heavy (non-hydrogen) atoms. The zero-order valence-corrected chi connectivity index (χ0v) is 15.4. The number of benzene rings is 1. The maximum atomic E-state index is 4.15. The van der Waals surface area contributed by atoms with Gasteiger partial charge in [0, 0.05) is 11.4 Å². The molecule has 0 fully saturated rings. The molecule has 128 valence electrons. The molecule has 0 saturated heterocycles. The van der Waals surface area contributed by atoms with E-state index < -0.39 is 0 Å².